The lowest BCUT2D eigenvalue weighted by atomic mass is 10.1. The summed E-state index contributed by atoms with van der Waals surface area (Å²) in [6, 6.07) is 18.1. The van der Waals surface area contributed by atoms with Crippen molar-refractivity contribution in [3.05, 3.63) is 71.9 Å². The molecule has 4 rings (SSSR count). The van der Waals surface area contributed by atoms with Crippen LogP contribution in [0.4, 0.5) is 0 Å². The van der Waals surface area contributed by atoms with Crippen LogP contribution in [0.25, 0.3) is 11.3 Å². The summed E-state index contributed by atoms with van der Waals surface area (Å²) in [6.45, 7) is 0.889. The third kappa shape index (κ3) is 5.38. The van der Waals surface area contributed by atoms with E-state index in [1.165, 1.54) is 0 Å². The van der Waals surface area contributed by atoms with Crippen molar-refractivity contribution in [1.29, 1.82) is 0 Å². The first kappa shape index (κ1) is 22.1. The maximum absolute atomic E-state index is 12.5. The molecular weight excluding hydrogens is 422 g/mol. The van der Waals surface area contributed by atoms with Crippen LogP contribution in [0.3, 0.4) is 0 Å². The van der Waals surface area contributed by atoms with Crippen molar-refractivity contribution >= 4 is 17.7 Å². The molecule has 1 saturated heterocycles. The van der Waals surface area contributed by atoms with Crippen LogP contribution in [0.15, 0.2) is 60.7 Å². The van der Waals surface area contributed by atoms with Gasteiger partial charge in [0, 0.05) is 25.9 Å². The molecule has 0 unspecified atom stereocenters. The SMILES string of the molecule is NC(=O)c1ccccc1OC1CCN(C(=O)CNC(=O)c2cc(-c3ccccc3)[nH]n2)CC1. The molecule has 170 valence electrons. The van der Waals surface area contributed by atoms with Gasteiger partial charge in [0.2, 0.25) is 5.91 Å². The lowest BCUT2D eigenvalue weighted by Gasteiger charge is -2.32. The number of nitrogens with zero attached hydrogens (tertiary/aromatic N) is 2. The van der Waals surface area contributed by atoms with Crippen molar-refractivity contribution in [3.63, 3.8) is 0 Å². The Morgan fingerprint density at radius 3 is 2.48 bits per heavy atom. The number of primary amides is 1. The number of amides is 3. The van der Waals surface area contributed by atoms with Crippen LogP contribution in [-0.4, -0.2) is 58.6 Å². The highest BCUT2D eigenvalue weighted by Gasteiger charge is 2.25. The number of aromatic amines is 1. The molecule has 0 radical (unpaired) electrons. The normalized spacial score (nSPS) is 14.0. The molecule has 1 fully saturated rings. The minimum Gasteiger partial charge on any atom is -0.489 e. The van der Waals surface area contributed by atoms with Crippen molar-refractivity contribution in [2.24, 2.45) is 5.73 Å². The van der Waals surface area contributed by atoms with E-state index in [-0.39, 0.29) is 24.2 Å². The predicted molar refractivity (Wildman–Crippen MR) is 122 cm³/mol. The molecule has 3 amide bonds. The quantitative estimate of drug-likeness (QED) is 0.510. The lowest BCUT2D eigenvalue weighted by molar-refractivity contribution is -0.131. The molecule has 9 nitrogen and oxygen atoms in total. The maximum Gasteiger partial charge on any atom is 0.272 e. The molecule has 4 N–H and O–H groups in total. The molecule has 0 atom stereocenters. The molecule has 1 aliphatic rings. The fraction of sp³-hybridized carbons (Fsp3) is 0.250. The Hall–Kier alpha value is -4.14. The van der Waals surface area contributed by atoms with Crippen LogP contribution in [0.2, 0.25) is 0 Å². The Labute approximate surface area is 190 Å². The molecule has 2 aromatic carbocycles. The first-order valence-electron chi connectivity index (χ1n) is 10.7. The number of likely N-dealkylation sites (tertiary alicyclic amines) is 1. The van der Waals surface area contributed by atoms with Gasteiger partial charge in [-0.1, -0.05) is 42.5 Å². The van der Waals surface area contributed by atoms with Crippen molar-refractivity contribution < 1.29 is 19.1 Å². The summed E-state index contributed by atoms with van der Waals surface area (Å²) in [7, 11) is 0. The van der Waals surface area contributed by atoms with E-state index in [4.69, 9.17) is 10.5 Å². The number of nitrogens with two attached hydrogens (primary N) is 1. The van der Waals surface area contributed by atoms with Gasteiger partial charge in [-0.05, 0) is 23.8 Å². The van der Waals surface area contributed by atoms with Crippen LogP contribution in [0.1, 0.15) is 33.7 Å². The van der Waals surface area contributed by atoms with E-state index >= 15 is 0 Å². The summed E-state index contributed by atoms with van der Waals surface area (Å²) in [5.74, 6) is -0.668. The second-order valence-electron chi connectivity index (χ2n) is 7.77. The van der Waals surface area contributed by atoms with Gasteiger partial charge in [-0.15, -0.1) is 0 Å². The second-order valence-corrected chi connectivity index (χ2v) is 7.77. The molecule has 2 heterocycles. The van der Waals surface area contributed by atoms with E-state index in [1.54, 1.807) is 35.2 Å². The number of rotatable bonds is 7. The Kier molecular flexibility index (Phi) is 6.68. The van der Waals surface area contributed by atoms with E-state index in [2.05, 4.69) is 15.5 Å². The number of H-pyrrole nitrogens is 1. The van der Waals surface area contributed by atoms with E-state index in [0.717, 1.165) is 11.3 Å². The molecule has 1 aromatic heterocycles. The fourth-order valence-electron chi connectivity index (χ4n) is 3.74. The number of nitrogens with one attached hydrogen (secondary N) is 2. The summed E-state index contributed by atoms with van der Waals surface area (Å²) >= 11 is 0. The van der Waals surface area contributed by atoms with Crippen molar-refractivity contribution in [3.8, 4) is 17.0 Å². The maximum atomic E-state index is 12.5. The third-order valence-corrected chi connectivity index (χ3v) is 5.54. The second kappa shape index (κ2) is 9.99. The zero-order valence-corrected chi connectivity index (χ0v) is 18.0. The minimum absolute atomic E-state index is 0.109. The molecular formula is C24H25N5O4. The number of piperidine rings is 1. The van der Waals surface area contributed by atoms with E-state index < -0.39 is 11.8 Å². The molecule has 0 spiro atoms. The van der Waals surface area contributed by atoms with Gasteiger partial charge < -0.3 is 20.7 Å². The number of aromatic nitrogens is 2. The highest BCUT2D eigenvalue weighted by molar-refractivity contribution is 5.96. The van der Waals surface area contributed by atoms with Gasteiger partial charge in [-0.3, -0.25) is 19.5 Å². The number of carbonyl (C=O) groups is 3. The predicted octanol–water partition coefficient (Wildman–Crippen LogP) is 1.98. The van der Waals surface area contributed by atoms with Crippen LogP contribution < -0.4 is 15.8 Å². The zero-order chi connectivity index (χ0) is 23.2. The van der Waals surface area contributed by atoms with Crippen LogP contribution in [-0.2, 0) is 4.79 Å². The molecule has 0 saturated carbocycles. The summed E-state index contributed by atoms with van der Waals surface area (Å²) in [4.78, 5) is 38.2. The van der Waals surface area contributed by atoms with E-state index in [0.29, 0.717) is 37.2 Å². The van der Waals surface area contributed by atoms with Crippen LogP contribution in [0.5, 0.6) is 5.75 Å². The van der Waals surface area contributed by atoms with Crippen molar-refractivity contribution in [2.75, 3.05) is 19.6 Å². The number of para-hydroxylation sites is 1. The molecule has 33 heavy (non-hydrogen) atoms. The van der Waals surface area contributed by atoms with Crippen LogP contribution in [0, 0.1) is 0 Å². The van der Waals surface area contributed by atoms with E-state index in [9.17, 15) is 14.4 Å². The average molecular weight is 447 g/mol. The first-order chi connectivity index (χ1) is 16.0. The lowest BCUT2D eigenvalue weighted by Crippen LogP contribution is -2.46. The Bertz CT molecular complexity index is 1140. The monoisotopic (exact) mass is 447 g/mol. The summed E-state index contributed by atoms with van der Waals surface area (Å²) < 4.78 is 5.95. The standard InChI is InChI=1S/C24H25N5O4/c25-23(31)18-8-4-5-9-21(18)33-17-10-12-29(13-11-17)22(30)15-26-24(32)20-14-19(27-28-20)16-6-2-1-3-7-16/h1-9,14,17H,10-13,15H2,(H2,25,31)(H,26,32)(H,27,28). The number of hydrogen-bond acceptors (Lipinski definition) is 5. The molecule has 0 aliphatic carbocycles. The Morgan fingerprint density at radius 2 is 1.76 bits per heavy atom. The Balaban J connectivity index is 1.25. The minimum atomic E-state index is -0.540. The number of ether oxygens (including phenoxy) is 1. The van der Waals surface area contributed by atoms with Gasteiger partial charge in [0.1, 0.15) is 11.9 Å². The average Bonchev–Trinajstić information content (AvgIpc) is 3.34. The molecule has 0 bridgehead atoms. The topological polar surface area (TPSA) is 130 Å². The highest BCUT2D eigenvalue weighted by Crippen LogP contribution is 2.23. The fourth-order valence-corrected chi connectivity index (χ4v) is 3.74. The Morgan fingerprint density at radius 1 is 1.06 bits per heavy atom. The first-order valence-corrected chi connectivity index (χ1v) is 10.7. The zero-order valence-electron chi connectivity index (χ0n) is 18.0. The molecule has 9 heteroatoms. The largest absolute Gasteiger partial charge is 0.489 e. The molecule has 3 aromatic rings. The van der Waals surface area contributed by atoms with Crippen LogP contribution >= 0.6 is 0 Å². The summed E-state index contributed by atoms with van der Waals surface area (Å²) in [5, 5.41) is 9.52. The number of benzene rings is 2. The van der Waals surface area contributed by atoms with Gasteiger partial charge in [-0.25, -0.2) is 0 Å². The number of carbonyl (C=O) groups excluding carboxylic acids is 3. The third-order valence-electron chi connectivity index (χ3n) is 5.54. The van der Waals surface area contributed by atoms with Crippen molar-refractivity contribution in [2.45, 2.75) is 18.9 Å². The van der Waals surface area contributed by atoms with Gasteiger partial charge in [-0.2, -0.15) is 5.10 Å². The molecule has 1 aliphatic heterocycles. The highest BCUT2D eigenvalue weighted by atomic mass is 16.5. The number of hydrogen-bond donors (Lipinski definition) is 3. The van der Waals surface area contributed by atoms with Gasteiger partial charge >= 0.3 is 0 Å². The van der Waals surface area contributed by atoms with Crippen molar-refractivity contribution in [1.82, 2.24) is 20.4 Å². The van der Waals surface area contributed by atoms with Gasteiger partial charge in [0.15, 0.2) is 5.69 Å². The van der Waals surface area contributed by atoms with Gasteiger partial charge in [0.05, 0.1) is 17.8 Å². The smallest absolute Gasteiger partial charge is 0.272 e. The van der Waals surface area contributed by atoms with Gasteiger partial charge in [0.25, 0.3) is 11.8 Å². The summed E-state index contributed by atoms with van der Waals surface area (Å²) in [5.41, 5.74) is 7.61. The summed E-state index contributed by atoms with van der Waals surface area (Å²) in [6.07, 6.45) is 1.11. The van der Waals surface area contributed by atoms with E-state index in [1.807, 2.05) is 30.3 Å².